The van der Waals surface area contributed by atoms with E-state index in [1.807, 2.05) is 30.1 Å². The lowest BCUT2D eigenvalue weighted by Gasteiger charge is -2.35. The first kappa shape index (κ1) is 18.9. The van der Waals surface area contributed by atoms with E-state index in [0.29, 0.717) is 6.54 Å². The molecule has 140 valence electrons. The van der Waals surface area contributed by atoms with Gasteiger partial charge in [-0.15, -0.1) is 11.3 Å². The number of piperazine rings is 1. The molecule has 3 rings (SSSR count). The van der Waals surface area contributed by atoms with Gasteiger partial charge in [0.2, 0.25) is 5.91 Å². The second kappa shape index (κ2) is 9.16. The van der Waals surface area contributed by atoms with Crippen molar-refractivity contribution in [2.75, 3.05) is 46.9 Å². The maximum atomic E-state index is 12.6. The second-order valence-electron chi connectivity index (χ2n) is 6.76. The molecule has 0 N–H and O–H groups in total. The molecule has 5 nitrogen and oxygen atoms in total. The van der Waals surface area contributed by atoms with Crippen LogP contribution in [0.25, 0.3) is 0 Å². The number of ether oxygens (including phenoxy) is 1. The normalized spacial score (nSPS) is 15.4. The van der Waals surface area contributed by atoms with Gasteiger partial charge >= 0.3 is 0 Å². The lowest BCUT2D eigenvalue weighted by atomic mass is 10.2. The molecular weight excluding hydrogens is 346 g/mol. The summed E-state index contributed by atoms with van der Waals surface area (Å²) in [6.45, 7) is 5.71. The number of nitrogens with zero attached hydrogens (tertiary/aromatic N) is 3. The number of carbonyl (C=O) groups is 1. The molecule has 6 heteroatoms. The Morgan fingerprint density at radius 1 is 1.19 bits per heavy atom. The van der Waals surface area contributed by atoms with E-state index < -0.39 is 0 Å². The third-order valence-electron chi connectivity index (χ3n) is 4.68. The van der Waals surface area contributed by atoms with Gasteiger partial charge < -0.3 is 9.64 Å². The average molecular weight is 374 g/mol. The Morgan fingerprint density at radius 3 is 2.69 bits per heavy atom. The molecule has 1 saturated heterocycles. The number of methoxy groups -OCH3 is 1. The topological polar surface area (TPSA) is 36.0 Å². The average Bonchev–Trinajstić information content (AvgIpc) is 3.15. The first-order valence-electron chi connectivity index (χ1n) is 8.98. The van der Waals surface area contributed by atoms with Crippen LogP contribution in [0.3, 0.4) is 0 Å². The van der Waals surface area contributed by atoms with Crippen LogP contribution in [0.2, 0.25) is 0 Å². The molecule has 0 bridgehead atoms. The van der Waals surface area contributed by atoms with E-state index in [1.165, 1.54) is 4.88 Å². The zero-order valence-electron chi connectivity index (χ0n) is 15.6. The Morgan fingerprint density at radius 2 is 2.00 bits per heavy atom. The number of hydrogen-bond acceptors (Lipinski definition) is 5. The van der Waals surface area contributed by atoms with Crippen LogP contribution in [-0.2, 0) is 17.9 Å². The molecule has 1 aliphatic heterocycles. The summed E-state index contributed by atoms with van der Waals surface area (Å²) in [6, 6.07) is 12.3. The van der Waals surface area contributed by atoms with E-state index in [0.717, 1.165) is 50.6 Å². The highest BCUT2D eigenvalue weighted by atomic mass is 32.1. The van der Waals surface area contributed by atoms with Crippen molar-refractivity contribution in [1.29, 1.82) is 0 Å². The highest BCUT2D eigenvalue weighted by Crippen LogP contribution is 2.15. The van der Waals surface area contributed by atoms with Crippen molar-refractivity contribution < 1.29 is 9.53 Å². The Labute approximate surface area is 159 Å². The summed E-state index contributed by atoms with van der Waals surface area (Å²) < 4.78 is 5.26. The van der Waals surface area contributed by atoms with Gasteiger partial charge in [-0.2, -0.15) is 0 Å². The minimum absolute atomic E-state index is 0.214. The lowest BCUT2D eigenvalue weighted by Crippen LogP contribution is -2.50. The van der Waals surface area contributed by atoms with Crippen molar-refractivity contribution >= 4 is 17.2 Å². The monoisotopic (exact) mass is 373 g/mol. The molecule has 0 spiro atoms. The van der Waals surface area contributed by atoms with Crippen LogP contribution in [0.5, 0.6) is 5.75 Å². The van der Waals surface area contributed by atoms with E-state index in [2.05, 4.69) is 33.4 Å². The molecule has 0 radical (unpaired) electrons. The molecule has 1 aromatic carbocycles. The minimum Gasteiger partial charge on any atom is -0.497 e. The predicted molar refractivity (Wildman–Crippen MR) is 106 cm³/mol. The third kappa shape index (κ3) is 5.30. The number of thiophene rings is 1. The quantitative estimate of drug-likeness (QED) is 0.747. The zero-order chi connectivity index (χ0) is 18.4. The van der Waals surface area contributed by atoms with Gasteiger partial charge in [0.25, 0.3) is 0 Å². The minimum atomic E-state index is 0.214. The molecule has 1 amide bonds. The summed E-state index contributed by atoms with van der Waals surface area (Å²) in [4.78, 5) is 20.5. The fraction of sp³-hybridized carbons (Fsp3) is 0.450. The van der Waals surface area contributed by atoms with E-state index in [9.17, 15) is 4.79 Å². The first-order valence-corrected chi connectivity index (χ1v) is 9.86. The first-order chi connectivity index (χ1) is 12.6. The van der Waals surface area contributed by atoms with Gasteiger partial charge in [-0.1, -0.05) is 18.2 Å². The van der Waals surface area contributed by atoms with E-state index in [4.69, 9.17) is 4.74 Å². The van der Waals surface area contributed by atoms with Crippen LogP contribution in [0.15, 0.2) is 41.8 Å². The summed E-state index contributed by atoms with van der Waals surface area (Å²) in [5, 5.41) is 2.12. The van der Waals surface area contributed by atoms with Crippen molar-refractivity contribution in [2.24, 2.45) is 0 Å². The van der Waals surface area contributed by atoms with Gasteiger partial charge in [-0.25, -0.2) is 0 Å². The Kier molecular flexibility index (Phi) is 6.66. The van der Waals surface area contributed by atoms with Crippen LogP contribution in [0.1, 0.15) is 10.4 Å². The fourth-order valence-electron chi connectivity index (χ4n) is 3.25. The number of amides is 1. The number of rotatable bonds is 7. The number of carbonyl (C=O) groups excluding carboxylic acids is 1. The van der Waals surface area contributed by atoms with Crippen molar-refractivity contribution in [3.63, 3.8) is 0 Å². The zero-order valence-corrected chi connectivity index (χ0v) is 16.4. The fourth-order valence-corrected chi connectivity index (χ4v) is 3.99. The molecule has 0 unspecified atom stereocenters. The van der Waals surface area contributed by atoms with Crippen molar-refractivity contribution in [2.45, 2.75) is 13.1 Å². The Balaban J connectivity index is 1.43. The lowest BCUT2D eigenvalue weighted by molar-refractivity contribution is -0.134. The van der Waals surface area contributed by atoms with Crippen LogP contribution in [-0.4, -0.2) is 67.5 Å². The third-order valence-corrected chi connectivity index (χ3v) is 5.54. The molecule has 1 fully saturated rings. The highest BCUT2D eigenvalue weighted by Gasteiger charge is 2.22. The molecule has 0 aliphatic carbocycles. The van der Waals surface area contributed by atoms with Gasteiger partial charge in [0.1, 0.15) is 5.75 Å². The Bertz CT molecular complexity index is 697. The van der Waals surface area contributed by atoms with Gasteiger partial charge in [0, 0.05) is 44.1 Å². The Hall–Kier alpha value is -1.89. The maximum absolute atomic E-state index is 12.6. The smallest absolute Gasteiger partial charge is 0.236 e. The molecule has 0 atom stereocenters. The number of hydrogen-bond donors (Lipinski definition) is 0. The van der Waals surface area contributed by atoms with Crippen molar-refractivity contribution in [3.8, 4) is 5.75 Å². The van der Waals surface area contributed by atoms with Gasteiger partial charge in [-0.05, 0) is 36.2 Å². The molecule has 2 heterocycles. The van der Waals surface area contributed by atoms with E-state index >= 15 is 0 Å². The van der Waals surface area contributed by atoms with E-state index in [1.54, 1.807) is 18.4 Å². The van der Waals surface area contributed by atoms with Gasteiger partial charge in [-0.3, -0.25) is 14.6 Å². The molecular formula is C20H27N3O2S. The largest absolute Gasteiger partial charge is 0.497 e. The van der Waals surface area contributed by atoms with Crippen LogP contribution < -0.4 is 4.74 Å². The van der Waals surface area contributed by atoms with Gasteiger partial charge in [0.15, 0.2) is 0 Å². The number of benzene rings is 1. The van der Waals surface area contributed by atoms with Gasteiger partial charge in [0.05, 0.1) is 13.7 Å². The highest BCUT2D eigenvalue weighted by molar-refractivity contribution is 7.09. The summed E-state index contributed by atoms with van der Waals surface area (Å²) in [7, 11) is 3.66. The summed E-state index contributed by atoms with van der Waals surface area (Å²) >= 11 is 1.80. The summed E-state index contributed by atoms with van der Waals surface area (Å²) in [6.07, 6.45) is 0. The molecule has 1 aromatic heterocycles. The van der Waals surface area contributed by atoms with Crippen LogP contribution in [0, 0.1) is 0 Å². The van der Waals surface area contributed by atoms with Crippen LogP contribution >= 0.6 is 11.3 Å². The molecule has 26 heavy (non-hydrogen) atoms. The van der Waals surface area contributed by atoms with Crippen LogP contribution in [0.4, 0.5) is 0 Å². The predicted octanol–water partition coefficient (Wildman–Crippen LogP) is 2.53. The number of likely N-dealkylation sites (N-methyl/N-ethyl adjacent to an activating group) is 1. The molecule has 0 saturated carbocycles. The van der Waals surface area contributed by atoms with E-state index in [-0.39, 0.29) is 5.91 Å². The maximum Gasteiger partial charge on any atom is 0.236 e. The standard InChI is InChI=1S/C20H27N3O2S/c1-21(14-17-5-3-6-18(13-17)25-2)16-20(24)23-10-8-22(9-11-23)15-19-7-4-12-26-19/h3-7,12-13H,8-11,14-16H2,1-2H3. The van der Waals surface area contributed by atoms with Crippen molar-refractivity contribution in [3.05, 3.63) is 52.2 Å². The van der Waals surface area contributed by atoms with Crippen molar-refractivity contribution in [1.82, 2.24) is 14.7 Å². The molecule has 2 aromatic rings. The SMILES string of the molecule is COc1cccc(CN(C)CC(=O)N2CCN(Cc3cccs3)CC2)c1. The molecule has 1 aliphatic rings. The second-order valence-corrected chi connectivity index (χ2v) is 7.79. The summed E-state index contributed by atoms with van der Waals surface area (Å²) in [5.41, 5.74) is 1.15. The summed E-state index contributed by atoms with van der Waals surface area (Å²) in [5.74, 6) is 1.07.